The molecular weight excluding hydrogens is 214 g/mol. The highest BCUT2D eigenvalue weighted by Crippen LogP contribution is 2.42. The second-order valence-electron chi connectivity index (χ2n) is 6.37. The van der Waals surface area contributed by atoms with Crippen molar-refractivity contribution in [1.29, 1.82) is 0 Å². The van der Waals surface area contributed by atoms with Gasteiger partial charge < -0.3 is 9.64 Å². The Kier molecular flexibility index (Phi) is 3.19. The van der Waals surface area contributed by atoms with Gasteiger partial charge in [-0.1, -0.05) is 6.08 Å². The van der Waals surface area contributed by atoms with Crippen molar-refractivity contribution >= 4 is 6.09 Å². The minimum atomic E-state index is -0.390. The number of ether oxygens (including phenoxy) is 1. The molecule has 1 saturated carbocycles. The molecule has 0 radical (unpaired) electrons. The van der Waals surface area contributed by atoms with Gasteiger partial charge in [0.25, 0.3) is 0 Å². The molecule has 1 saturated heterocycles. The van der Waals surface area contributed by atoms with Crippen molar-refractivity contribution in [3.05, 3.63) is 12.7 Å². The van der Waals surface area contributed by atoms with Gasteiger partial charge in [-0.05, 0) is 51.4 Å². The number of likely N-dealkylation sites (tertiary alicyclic amines) is 1. The summed E-state index contributed by atoms with van der Waals surface area (Å²) >= 11 is 0. The summed E-state index contributed by atoms with van der Waals surface area (Å²) in [7, 11) is 0. The first-order valence-electron chi connectivity index (χ1n) is 6.49. The molecule has 96 valence electrons. The number of rotatable bonds is 1. The second-order valence-corrected chi connectivity index (χ2v) is 6.37. The number of allylic oxidation sites excluding steroid dienone is 1. The Labute approximate surface area is 104 Å². The van der Waals surface area contributed by atoms with Gasteiger partial charge >= 0.3 is 6.09 Å². The van der Waals surface area contributed by atoms with Gasteiger partial charge in [0.1, 0.15) is 5.60 Å². The number of nitrogens with zero attached hydrogens (tertiary/aromatic N) is 1. The molecule has 3 atom stereocenters. The molecule has 0 aromatic carbocycles. The Morgan fingerprint density at radius 2 is 1.82 bits per heavy atom. The maximum Gasteiger partial charge on any atom is 0.410 e. The Bertz CT molecular complexity index is 305. The zero-order chi connectivity index (χ0) is 12.6. The van der Waals surface area contributed by atoms with E-state index in [1.54, 1.807) is 0 Å². The van der Waals surface area contributed by atoms with E-state index in [9.17, 15) is 4.79 Å². The summed E-state index contributed by atoms with van der Waals surface area (Å²) < 4.78 is 5.41. The minimum Gasteiger partial charge on any atom is -0.444 e. The summed E-state index contributed by atoms with van der Waals surface area (Å²) in [6.07, 6.45) is 4.29. The average Bonchev–Trinajstić information content (AvgIpc) is 2.70. The molecule has 0 aromatic rings. The lowest BCUT2D eigenvalue weighted by Crippen LogP contribution is -2.36. The maximum atomic E-state index is 11.9. The van der Waals surface area contributed by atoms with E-state index in [1.807, 2.05) is 25.7 Å². The van der Waals surface area contributed by atoms with E-state index >= 15 is 0 Å². The van der Waals surface area contributed by atoms with Gasteiger partial charge in [-0.25, -0.2) is 4.79 Å². The third kappa shape index (κ3) is 2.82. The number of carbonyl (C=O) groups is 1. The molecule has 3 nitrogen and oxygen atoms in total. The molecule has 1 aliphatic heterocycles. The highest BCUT2D eigenvalue weighted by atomic mass is 16.6. The number of amides is 1. The zero-order valence-corrected chi connectivity index (χ0v) is 11.1. The van der Waals surface area contributed by atoms with E-state index in [0.717, 1.165) is 13.1 Å². The molecule has 1 heterocycles. The Hall–Kier alpha value is -0.990. The van der Waals surface area contributed by atoms with Crippen molar-refractivity contribution in [2.75, 3.05) is 13.1 Å². The fourth-order valence-electron chi connectivity index (χ4n) is 3.01. The van der Waals surface area contributed by atoms with Crippen molar-refractivity contribution in [3.63, 3.8) is 0 Å². The van der Waals surface area contributed by atoms with Crippen LogP contribution in [0.5, 0.6) is 0 Å². The van der Waals surface area contributed by atoms with Crippen LogP contribution < -0.4 is 0 Å². The van der Waals surface area contributed by atoms with Gasteiger partial charge in [-0.2, -0.15) is 0 Å². The predicted molar refractivity (Wildman–Crippen MR) is 67.7 cm³/mol. The zero-order valence-electron chi connectivity index (χ0n) is 11.1. The summed E-state index contributed by atoms with van der Waals surface area (Å²) in [5.74, 6) is 1.97. The fraction of sp³-hybridized carbons (Fsp3) is 0.786. The van der Waals surface area contributed by atoms with Gasteiger partial charge in [-0.15, -0.1) is 6.58 Å². The van der Waals surface area contributed by atoms with Crippen LogP contribution in [0.15, 0.2) is 12.7 Å². The van der Waals surface area contributed by atoms with Crippen LogP contribution >= 0.6 is 0 Å². The topological polar surface area (TPSA) is 29.5 Å². The number of hydrogen-bond acceptors (Lipinski definition) is 2. The van der Waals surface area contributed by atoms with E-state index in [-0.39, 0.29) is 6.09 Å². The van der Waals surface area contributed by atoms with Gasteiger partial charge in [-0.3, -0.25) is 0 Å². The standard InChI is InChI=1S/C14H23NO2/c1-5-10-6-11-8-15(9-12(11)7-10)13(16)17-14(2,3)4/h5,10-12H,1,6-9H2,2-4H3/t10-,11-,12+. The molecule has 0 aromatic heterocycles. The lowest BCUT2D eigenvalue weighted by molar-refractivity contribution is 0.0279. The van der Waals surface area contributed by atoms with Crippen LogP contribution in [0.25, 0.3) is 0 Å². The molecule has 1 aliphatic carbocycles. The summed E-state index contributed by atoms with van der Waals surface area (Å²) in [6.45, 7) is 11.3. The van der Waals surface area contributed by atoms with Crippen LogP contribution in [0.4, 0.5) is 4.79 Å². The Morgan fingerprint density at radius 3 is 2.24 bits per heavy atom. The highest BCUT2D eigenvalue weighted by molar-refractivity contribution is 5.68. The summed E-state index contributed by atoms with van der Waals surface area (Å²) in [4.78, 5) is 13.8. The third-order valence-corrected chi connectivity index (χ3v) is 3.77. The van der Waals surface area contributed by atoms with Gasteiger partial charge in [0.2, 0.25) is 0 Å². The van der Waals surface area contributed by atoms with Crippen molar-refractivity contribution in [3.8, 4) is 0 Å². The van der Waals surface area contributed by atoms with E-state index in [0.29, 0.717) is 17.8 Å². The van der Waals surface area contributed by atoms with Gasteiger partial charge in [0.15, 0.2) is 0 Å². The first kappa shape index (κ1) is 12.5. The molecule has 2 rings (SSSR count). The van der Waals surface area contributed by atoms with Crippen LogP contribution in [0.2, 0.25) is 0 Å². The Balaban J connectivity index is 1.88. The van der Waals surface area contributed by atoms with Crippen LogP contribution in [0, 0.1) is 17.8 Å². The lowest BCUT2D eigenvalue weighted by atomic mass is 10.0. The first-order chi connectivity index (χ1) is 7.89. The van der Waals surface area contributed by atoms with Crippen LogP contribution in [-0.4, -0.2) is 29.7 Å². The van der Waals surface area contributed by atoms with Crippen LogP contribution in [0.1, 0.15) is 33.6 Å². The molecule has 0 bridgehead atoms. The van der Waals surface area contributed by atoms with Crippen molar-refractivity contribution in [1.82, 2.24) is 4.90 Å². The summed E-state index contributed by atoms with van der Waals surface area (Å²) in [5.41, 5.74) is -0.390. The van der Waals surface area contributed by atoms with E-state index in [4.69, 9.17) is 4.74 Å². The molecule has 0 unspecified atom stereocenters. The Morgan fingerprint density at radius 1 is 1.29 bits per heavy atom. The molecule has 0 N–H and O–H groups in total. The van der Waals surface area contributed by atoms with Crippen molar-refractivity contribution in [2.24, 2.45) is 17.8 Å². The smallest absolute Gasteiger partial charge is 0.410 e. The molecular formula is C14H23NO2. The monoisotopic (exact) mass is 237 g/mol. The average molecular weight is 237 g/mol. The van der Waals surface area contributed by atoms with E-state index in [2.05, 4.69) is 12.7 Å². The van der Waals surface area contributed by atoms with Gasteiger partial charge in [0, 0.05) is 13.1 Å². The third-order valence-electron chi connectivity index (χ3n) is 3.77. The predicted octanol–water partition coefficient (Wildman–Crippen LogP) is 3.07. The second kappa shape index (κ2) is 4.35. The van der Waals surface area contributed by atoms with Crippen molar-refractivity contribution in [2.45, 2.75) is 39.2 Å². The largest absolute Gasteiger partial charge is 0.444 e. The first-order valence-corrected chi connectivity index (χ1v) is 6.49. The highest BCUT2D eigenvalue weighted by Gasteiger charge is 2.42. The number of fused-ring (bicyclic) bond motifs is 1. The molecule has 0 spiro atoms. The number of carbonyl (C=O) groups excluding carboxylic acids is 1. The molecule has 2 fully saturated rings. The SMILES string of the molecule is C=C[C@@H]1C[C@@H]2CN(C(=O)OC(C)(C)C)C[C@@H]2C1. The molecule has 3 heteroatoms. The summed E-state index contributed by atoms with van der Waals surface area (Å²) in [5, 5.41) is 0. The van der Waals surface area contributed by atoms with Gasteiger partial charge in [0.05, 0.1) is 0 Å². The molecule has 1 amide bonds. The quantitative estimate of drug-likeness (QED) is 0.656. The normalized spacial score (nSPS) is 32.4. The van der Waals surface area contributed by atoms with E-state index in [1.165, 1.54) is 12.8 Å². The van der Waals surface area contributed by atoms with Crippen molar-refractivity contribution < 1.29 is 9.53 Å². The molecule has 17 heavy (non-hydrogen) atoms. The molecule has 2 aliphatic rings. The van der Waals surface area contributed by atoms with E-state index < -0.39 is 5.60 Å². The lowest BCUT2D eigenvalue weighted by Gasteiger charge is -2.25. The van der Waals surface area contributed by atoms with Crippen LogP contribution in [-0.2, 0) is 4.74 Å². The fourth-order valence-corrected chi connectivity index (χ4v) is 3.01. The van der Waals surface area contributed by atoms with Crippen LogP contribution in [0.3, 0.4) is 0 Å². The summed E-state index contributed by atoms with van der Waals surface area (Å²) in [6, 6.07) is 0. The minimum absolute atomic E-state index is 0.151. The maximum absolute atomic E-state index is 11.9. The number of hydrogen-bond donors (Lipinski definition) is 0.